The van der Waals surface area contributed by atoms with E-state index in [4.69, 9.17) is 4.74 Å². The van der Waals surface area contributed by atoms with E-state index in [1.165, 1.54) is 12.8 Å². The third-order valence-electron chi connectivity index (χ3n) is 8.12. The molecular formula is C33H45N3O4S. The molecular weight excluding hydrogens is 534 g/mol. The zero-order chi connectivity index (χ0) is 29.7. The average Bonchev–Trinajstić information content (AvgIpc) is 3.59. The first kappa shape index (κ1) is 30.9. The maximum atomic E-state index is 14.1. The molecule has 2 aromatic rings. The maximum Gasteiger partial charge on any atom is 0.348 e. The molecule has 2 aliphatic rings. The van der Waals surface area contributed by atoms with Gasteiger partial charge in [-0.05, 0) is 91.2 Å². The summed E-state index contributed by atoms with van der Waals surface area (Å²) in [6, 6.07) is 3.57. The fourth-order valence-corrected chi connectivity index (χ4v) is 6.55. The first-order valence-electron chi connectivity index (χ1n) is 15.0. The minimum atomic E-state index is -1.04. The number of anilines is 2. The Morgan fingerprint density at radius 3 is 2.54 bits per heavy atom. The number of thiophene rings is 1. The van der Waals surface area contributed by atoms with Gasteiger partial charge in [0, 0.05) is 54.3 Å². The highest BCUT2D eigenvalue weighted by Gasteiger charge is 2.34. The highest BCUT2D eigenvalue weighted by atomic mass is 32.1. The van der Waals surface area contributed by atoms with Gasteiger partial charge in [-0.3, -0.25) is 4.79 Å². The van der Waals surface area contributed by atoms with Crippen molar-refractivity contribution in [2.24, 2.45) is 17.3 Å². The van der Waals surface area contributed by atoms with E-state index in [0.717, 1.165) is 61.4 Å². The fourth-order valence-electron chi connectivity index (χ4n) is 5.71. The first-order chi connectivity index (χ1) is 19.4. The molecule has 8 heteroatoms. The second-order valence-corrected chi connectivity index (χ2v) is 13.8. The van der Waals surface area contributed by atoms with Crippen LogP contribution in [0, 0.1) is 36.0 Å². The standard InChI is InChI=1S/C33H45N3O4S/c1-22-9-11-25(12-10-22)31(37)36(28-21-26(13-16-33(4,5)6)41-29(28)32(38)39)23(2)15-20-40-30-24(3)27(14-17-34-30)35-18-7-8-19-35/h14,17,21-23,25H,7-12,15,18-20H2,1-6H3,(H,38,39)/t22-,23-,25-/m0/s1. The molecule has 7 nitrogen and oxygen atoms in total. The van der Waals surface area contributed by atoms with Gasteiger partial charge in [0.15, 0.2) is 0 Å². The Labute approximate surface area is 249 Å². The zero-order valence-corrected chi connectivity index (χ0v) is 26.3. The van der Waals surface area contributed by atoms with Crippen molar-refractivity contribution in [3.8, 4) is 17.7 Å². The van der Waals surface area contributed by atoms with Crippen LogP contribution in [-0.4, -0.2) is 47.7 Å². The summed E-state index contributed by atoms with van der Waals surface area (Å²) >= 11 is 1.14. The second kappa shape index (κ2) is 13.3. The van der Waals surface area contributed by atoms with Crippen molar-refractivity contribution in [3.05, 3.63) is 33.6 Å². The lowest BCUT2D eigenvalue weighted by Gasteiger charge is -2.34. The SMILES string of the molecule is Cc1c(N2CCCC2)ccnc1OCC[C@H](C)N(c1cc(C#CC(C)(C)C)sc1C(=O)O)C(=O)[C@H]1CC[C@H](C)CC1. The summed E-state index contributed by atoms with van der Waals surface area (Å²) in [6.07, 6.45) is 8.42. The number of carbonyl (C=O) groups excluding carboxylic acids is 1. The van der Waals surface area contributed by atoms with E-state index in [0.29, 0.717) is 35.4 Å². The molecule has 1 aliphatic heterocycles. The van der Waals surface area contributed by atoms with Crippen molar-refractivity contribution in [1.29, 1.82) is 0 Å². The van der Waals surface area contributed by atoms with Crippen LogP contribution in [0.3, 0.4) is 0 Å². The van der Waals surface area contributed by atoms with Crippen LogP contribution in [0.25, 0.3) is 0 Å². The minimum absolute atomic E-state index is 0.00497. The molecule has 0 spiro atoms. The van der Waals surface area contributed by atoms with E-state index >= 15 is 0 Å². The maximum absolute atomic E-state index is 14.1. The van der Waals surface area contributed by atoms with Crippen molar-refractivity contribution < 1.29 is 19.4 Å². The number of hydrogen-bond acceptors (Lipinski definition) is 6. The van der Waals surface area contributed by atoms with Crippen LogP contribution < -0.4 is 14.5 Å². The third kappa shape index (κ3) is 7.82. The summed E-state index contributed by atoms with van der Waals surface area (Å²) in [5, 5.41) is 10.1. The molecule has 0 unspecified atom stereocenters. The molecule has 1 N–H and O–H groups in total. The van der Waals surface area contributed by atoms with Gasteiger partial charge in [0.25, 0.3) is 0 Å². The van der Waals surface area contributed by atoms with Crippen LogP contribution in [0.4, 0.5) is 11.4 Å². The summed E-state index contributed by atoms with van der Waals surface area (Å²) in [6.45, 7) is 14.8. The number of rotatable bonds is 9. The molecule has 1 aliphatic carbocycles. The summed E-state index contributed by atoms with van der Waals surface area (Å²) < 4.78 is 6.18. The van der Waals surface area contributed by atoms with E-state index in [2.05, 4.69) is 28.6 Å². The van der Waals surface area contributed by atoms with Crippen molar-refractivity contribution >= 4 is 34.6 Å². The number of carbonyl (C=O) groups is 2. The van der Waals surface area contributed by atoms with E-state index in [1.54, 1.807) is 17.2 Å². The Hall–Kier alpha value is -3.05. The topological polar surface area (TPSA) is 83.0 Å². The Morgan fingerprint density at radius 2 is 1.90 bits per heavy atom. The summed E-state index contributed by atoms with van der Waals surface area (Å²) in [7, 11) is 0. The predicted octanol–water partition coefficient (Wildman–Crippen LogP) is 7.16. The zero-order valence-electron chi connectivity index (χ0n) is 25.5. The van der Waals surface area contributed by atoms with Gasteiger partial charge in [-0.1, -0.05) is 18.8 Å². The van der Waals surface area contributed by atoms with Gasteiger partial charge >= 0.3 is 5.97 Å². The van der Waals surface area contributed by atoms with E-state index < -0.39 is 5.97 Å². The highest BCUT2D eigenvalue weighted by molar-refractivity contribution is 7.15. The Balaban J connectivity index is 1.57. The van der Waals surface area contributed by atoms with Gasteiger partial charge in [0.2, 0.25) is 11.8 Å². The van der Waals surface area contributed by atoms with E-state index in [1.807, 2.05) is 40.7 Å². The molecule has 222 valence electrons. The van der Waals surface area contributed by atoms with Gasteiger partial charge in [-0.2, -0.15) is 0 Å². The highest BCUT2D eigenvalue weighted by Crippen LogP contribution is 2.37. The predicted molar refractivity (Wildman–Crippen MR) is 166 cm³/mol. The molecule has 1 saturated heterocycles. The number of nitrogens with zero attached hydrogens (tertiary/aromatic N) is 3. The Morgan fingerprint density at radius 1 is 1.22 bits per heavy atom. The van der Waals surface area contributed by atoms with Crippen LogP contribution >= 0.6 is 11.3 Å². The van der Waals surface area contributed by atoms with Gasteiger partial charge in [-0.25, -0.2) is 9.78 Å². The van der Waals surface area contributed by atoms with Gasteiger partial charge in [-0.15, -0.1) is 11.3 Å². The molecule has 0 radical (unpaired) electrons. The molecule has 4 rings (SSSR count). The molecule has 2 aromatic heterocycles. The van der Waals surface area contributed by atoms with Crippen LogP contribution in [0.2, 0.25) is 0 Å². The van der Waals surface area contributed by atoms with Gasteiger partial charge < -0.3 is 19.6 Å². The van der Waals surface area contributed by atoms with Gasteiger partial charge in [0.1, 0.15) is 4.88 Å². The fraction of sp³-hybridized carbons (Fsp3) is 0.606. The number of carboxylic acids is 1. The molecule has 0 bridgehead atoms. The number of carboxylic acid groups (broad SMARTS) is 1. The Kier molecular flexibility index (Phi) is 10.0. The number of ether oxygens (including phenoxy) is 1. The number of pyridine rings is 1. The van der Waals surface area contributed by atoms with Crippen LogP contribution in [-0.2, 0) is 4.79 Å². The monoisotopic (exact) mass is 579 g/mol. The Bertz CT molecular complexity index is 1290. The normalized spacial score (nSPS) is 19.8. The lowest BCUT2D eigenvalue weighted by atomic mass is 9.82. The molecule has 1 atom stereocenters. The van der Waals surface area contributed by atoms with Crippen molar-refractivity contribution in [1.82, 2.24) is 4.98 Å². The minimum Gasteiger partial charge on any atom is -0.477 e. The van der Waals surface area contributed by atoms with Crippen molar-refractivity contribution in [2.45, 2.75) is 92.5 Å². The average molecular weight is 580 g/mol. The summed E-state index contributed by atoms with van der Waals surface area (Å²) in [5.41, 5.74) is 2.42. The molecule has 1 amide bonds. The smallest absolute Gasteiger partial charge is 0.348 e. The van der Waals surface area contributed by atoms with E-state index in [-0.39, 0.29) is 28.2 Å². The van der Waals surface area contributed by atoms with Crippen LogP contribution in [0.5, 0.6) is 5.88 Å². The van der Waals surface area contributed by atoms with E-state index in [9.17, 15) is 14.7 Å². The second-order valence-electron chi connectivity index (χ2n) is 12.7. The number of amides is 1. The summed E-state index contributed by atoms with van der Waals surface area (Å²) in [4.78, 5) is 35.8. The van der Waals surface area contributed by atoms with Crippen molar-refractivity contribution in [3.63, 3.8) is 0 Å². The van der Waals surface area contributed by atoms with Crippen molar-refractivity contribution in [2.75, 3.05) is 29.5 Å². The lowest BCUT2D eigenvalue weighted by molar-refractivity contribution is -0.124. The number of aromatic carboxylic acids is 1. The molecule has 3 heterocycles. The largest absolute Gasteiger partial charge is 0.477 e. The molecule has 1 saturated carbocycles. The summed E-state index contributed by atoms with van der Waals surface area (Å²) in [5.74, 6) is 6.43. The number of hydrogen-bond donors (Lipinski definition) is 1. The van der Waals surface area contributed by atoms with Crippen LogP contribution in [0.15, 0.2) is 18.3 Å². The molecule has 2 fully saturated rings. The first-order valence-corrected chi connectivity index (χ1v) is 15.8. The molecule has 0 aromatic carbocycles. The number of aromatic nitrogens is 1. The van der Waals surface area contributed by atoms with Gasteiger partial charge in [0.05, 0.1) is 17.2 Å². The molecule has 41 heavy (non-hydrogen) atoms. The quantitative estimate of drug-likeness (QED) is 0.317. The lowest BCUT2D eigenvalue weighted by Crippen LogP contribution is -2.44. The third-order valence-corrected chi connectivity index (χ3v) is 9.15. The van der Waals surface area contributed by atoms with Crippen LogP contribution in [0.1, 0.15) is 99.7 Å².